The van der Waals surface area contributed by atoms with Gasteiger partial charge in [0.15, 0.2) is 0 Å². The molecule has 19 heavy (non-hydrogen) atoms. The van der Waals surface area contributed by atoms with Gasteiger partial charge in [-0.1, -0.05) is 19.1 Å². The van der Waals surface area contributed by atoms with Crippen LogP contribution in [0.3, 0.4) is 0 Å². The lowest BCUT2D eigenvalue weighted by Gasteiger charge is -2.33. The first-order valence-electron chi connectivity index (χ1n) is 6.97. The van der Waals surface area contributed by atoms with E-state index in [1.165, 1.54) is 17.5 Å². The molecule has 1 aliphatic carbocycles. The lowest BCUT2D eigenvalue weighted by Crippen LogP contribution is -2.43. The molecule has 3 atom stereocenters. The highest BCUT2D eigenvalue weighted by Crippen LogP contribution is 2.28. The van der Waals surface area contributed by atoms with E-state index in [4.69, 9.17) is 5.73 Å². The van der Waals surface area contributed by atoms with Gasteiger partial charge in [0.2, 0.25) is 5.91 Å². The Balaban J connectivity index is 1.84. The summed E-state index contributed by atoms with van der Waals surface area (Å²) in [6.45, 7) is 5.05. The normalized spacial score (nSPS) is 27.2. The zero-order valence-corrected chi connectivity index (χ0v) is 11.7. The van der Waals surface area contributed by atoms with Crippen molar-refractivity contribution < 1.29 is 4.79 Å². The minimum absolute atomic E-state index is 0.000116. The molecule has 0 bridgehead atoms. The molecule has 106 valence electrons. The number of nitrogens with two attached hydrogens (primary N) is 1. The van der Waals surface area contributed by atoms with Gasteiger partial charge in [0.05, 0.1) is 11.9 Å². The molecule has 0 aliphatic heterocycles. The van der Waals surface area contributed by atoms with E-state index in [9.17, 15) is 4.79 Å². The number of carbonyl (C=O) groups is 1. The van der Waals surface area contributed by atoms with Crippen LogP contribution in [0.1, 0.15) is 38.8 Å². The number of hydrogen-bond acceptors (Lipinski definition) is 4. The van der Waals surface area contributed by atoms with Gasteiger partial charge in [-0.3, -0.25) is 4.79 Å². The molecule has 1 aromatic rings. The van der Waals surface area contributed by atoms with Crippen molar-refractivity contribution in [1.29, 1.82) is 0 Å². The minimum atomic E-state index is -0.000116. The molecule has 3 unspecified atom stereocenters. The van der Waals surface area contributed by atoms with Gasteiger partial charge in [-0.25, -0.2) is 4.68 Å². The first kappa shape index (κ1) is 14.0. The Labute approximate surface area is 113 Å². The van der Waals surface area contributed by atoms with Crippen LogP contribution < -0.4 is 11.1 Å². The summed E-state index contributed by atoms with van der Waals surface area (Å²) in [6, 6.07) is 0.293. The van der Waals surface area contributed by atoms with Crippen molar-refractivity contribution in [2.24, 2.45) is 17.6 Å². The van der Waals surface area contributed by atoms with E-state index in [1.807, 2.05) is 0 Å². The highest BCUT2D eigenvalue weighted by Gasteiger charge is 2.26. The molecule has 1 aliphatic rings. The Morgan fingerprint density at radius 3 is 2.95 bits per heavy atom. The molecule has 3 N–H and O–H groups in total. The van der Waals surface area contributed by atoms with Gasteiger partial charge < -0.3 is 11.1 Å². The first-order valence-corrected chi connectivity index (χ1v) is 6.97. The predicted octanol–water partition coefficient (Wildman–Crippen LogP) is 0.678. The highest BCUT2D eigenvalue weighted by atomic mass is 16.2. The molecule has 2 rings (SSSR count). The second-order valence-corrected chi connectivity index (χ2v) is 5.68. The van der Waals surface area contributed by atoms with Crippen molar-refractivity contribution in [3.63, 3.8) is 0 Å². The van der Waals surface area contributed by atoms with Crippen LogP contribution in [0.25, 0.3) is 0 Å². The Morgan fingerprint density at radius 2 is 2.32 bits per heavy atom. The highest BCUT2D eigenvalue weighted by molar-refractivity contribution is 5.75. The zero-order chi connectivity index (χ0) is 13.8. The van der Waals surface area contributed by atoms with Crippen molar-refractivity contribution in [3.05, 3.63) is 11.9 Å². The molecular weight excluding hydrogens is 242 g/mol. The van der Waals surface area contributed by atoms with Crippen LogP contribution in [0.15, 0.2) is 6.20 Å². The third-order valence-electron chi connectivity index (χ3n) is 3.88. The summed E-state index contributed by atoms with van der Waals surface area (Å²) in [5.41, 5.74) is 6.16. The van der Waals surface area contributed by atoms with Gasteiger partial charge in [0.1, 0.15) is 6.54 Å². The van der Waals surface area contributed by atoms with Gasteiger partial charge in [0.25, 0.3) is 0 Å². The van der Waals surface area contributed by atoms with Crippen molar-refractivity contribution in [1.82, 2.24) is 20.3 Å². The third-order valence-corrected chi connectivity index (χ3v) is 3.88. The molecule has 1 saturated carbocycles. The maximum atomic E-state index is 12.0. The lowest BCUT2D eigenvalue weighted by molar-refractivity contribution is -0.123. The Hall–Kier alpha value is -1.43. The van der Waals surface area contributed by atoms with E-state index in [1.54, 1.807) is 6.20 Å². The Kier molecular flexibility index (Phi) is 4.52. The number of hydrogen-bond donors (Lipinski definition) is 2. The van der Waals surface area contributed by atoms with Crippen LogP contribution in [0.5, 0.6) is 0 Å². The zero-order valence-electron chi connectivity index (χ0n) is 11.7. The van der Waals surface area contributed by atoms with E-state index < -0.39 is 0 Å². The third kappa shape index (κ3) is 3.76. The summed E-state index contributed by atoms with van der Waals surface area (Å²) in [4.78, 5) is 12.0. The van der Waals surface area contributed by atoms with E-state index in [0.29, 0.717) is 24.2 Å². The van der Waals surface area contributed by atoms with E-state index in [-0.39, 0.29) is 12.5 Å². The molecule has 0 saturated heterocycles. The molecule has 1 amide bonds. The predicted molar refractivity (Wildman–Crippen MR) is 72.0 cm³/mol. The number of amides is 1. The molecule has 1 fully saturated rings. The number of nitrogens with one attached hydrogen (secondary N) is 1. The minimum Gasteiger partial charge on any atom is -0.351 e. The fourth-order valence-corrected chi connectivity index (χ4v) is 2.79. The second kappa shape index (κ2) is 6.14. The van der Waals surface area contributed by atoms with Crippen LogP contribution in [0.2, 0.25) is 0 Å². The number of aromatic nitrogens is 3. The smallest absolute Gasteiger partial charge is 0.242 e. The van der Waals surface area contributed by atoms with Gasteiger partial charge in [-0.2, -0.15) is 0 Å². The first-order chi connectivity index (χ1) is 9.08. The molecule has 6 nitrogen and oxygen atoms in total. The van der Waals surface area contributed by atoms with Gasteiger partial charge >= 0.3 is 0 Å². The van der Waals surface area contributed by atoms with Crippen LogP contribution in [-0.4, -0.2) is 26.9 Å². The summed E-state index contributed by atoms with van der Waals surface area (Å²) < 4.78 is 1.54. The molecule has 0 spiro atoms. The Bertz CT molecular complexity index is 430. The molecule has 0 aromatic carbocycles. The average molecular weight is 265 g/mol. The number of rotatable bonds is 4. The summed E-state index contributed by atoms with van der Waals surface area (Å²) in [7, 11) is 0. The largest absolute Gasteiger partial charge is 0.351 e. The molecule has 0 radical (unpaired) electrons. The van der Waals surface area contributed by atoms with Crippen LogP contribution in [0, 0.1) is 11.8 Å². The van der Waals surface area contributed by atoms with Crippen molar-refractivity contribution in [2.45, 2.75) is 52.2 Å². The van der Waals surface area contributed by atoms with Gasteiger partial charge in [0, 0.05) is 12.6 Å². The lowest BCUT2D eigenvalue weighted by atomic mass is 9.80. The van der Waals surface area contributed by atoms with Crippen molar-refractivity contribution in [2.75, 3.05) is 0 Å². The van der Waals surface area contributed by atoms with E-state index in [0.717, 1.165) is 12.3 Å². The summed E-state index contributed by atoms with van der Waals surface area (Å²) in [6.07, 6.45) is 5.16. The number of nitrogens with zero attached hydrogens (tertiary/aromatic N) is 3. The Morgan fingerprint density at radius 1 is 1.53 bits per heavy atom. The van der Waals surface area contributed by atoms with Crippen LogP contribution in [0.4, 0.5) is 0 Å². The SMILES string of the molecule is CC1CCC(NC(=O)Cn2cc(CN)nn2)C(C)C1. The molecule has 1 heterocycles. The van der Waals surface area contributed by atoms with E-state index in [2.05, 4.69) is 29.5 Å². The quantitative estimate of drug-likeness (QED) is 0.838. The number of carbonyl (C=O) groups excluding carboxylic acids is 1. The topological polar surface area (TPSA) is 85.8 Å². The maximum absolute atomic E-state index is 12.0. The average Bonchev–Trinajstić information content (AvgIpc) is 2.80. The molecule has 1 aromatic heterocycles. The van der Waals surface area contributed by atoms with Crippen molar-refractivity contribution in [3.8, 4) is 0 Å². The molecular formula is C13H23N5O. The monoisotopic (exact) mass is 265 g/mol. The van der Waals surface area contributed by atoms with E-state index >= 15 is 0 Å². The summed E-state index contributed by atoms with van der Waals surface area (Å²) >= 11 is 0. The van der Waals surface area contributed by atoms with Gasteiger partial charge in [-0.15, -0.1) is 5.10 Å². The van der Waals surface area contributed by atoms with Crippen molar-refractivity contribution >= 4 is 5.91 Å². The standard InChI is InChI=1S/C13H23N5O/c1-9-3-4-12(10(2)5-9)15-13(19)8-18-7-11(6-14)16-17-18/h7,9-10,12H,3-6,8,14H2,1-2H3,(H,15,19). The summed E-state index contributed by atoms with van der Waals surface area (Å²) in [5, 5.41) is 10.9. The summed E-state index contributed by atoms with van der Waals surface area (Å²) in [5.74, 6) is 1.31. The molecule has 6 heteroatoms. The van der Waals surface area contributed by atoms with Crippen LogP contribution >= 0.6 is 0 Å². The van der Waals surface area contributed by atoms with Crippen LogP contribution in [-0.2, 0) is 17.9 Å². The fourth-order valence-electron chi connectivity index (χ4n) is 2.79. The fraction of sp³-hybridized carbons (Fsp3) is 0.769. The van der Waals surface area contributed by atoms with Gasteiger partial charge in [-0.05, 0) is 31.1 Å². The second-order valence-electron chi connectivity index (χ2n) is 5.68. The maximum Gasteiger partial charge on any atom is 0.242 e.